The van der Waals surface area contributed by atoms with E-state index in [0.717, 1.165) is 42.1 Å². The number of hydrogen-bond acceptors (Lipinski definition) is 4. The lowest BCUT2D eigenvalue weighted by atomic mass is 9.89. The molecular formula is C25H31N3O3S. The number of carbonyl (C=O) groups excluding carboxylic acids is 1. The first-order valence-electron chi connectivity index (χ1n) is 11.3. The Labute approximate surface area is 189 Å². The van der Waals surface area contributed by atoms with Gasteiger partial charge in [0.25, 0.3) is 5.91 Å². The van der Waals surface area contributed by atoms with E-state index in [1.54, 1.807) is 12.1 Å². The summed E-state index contributed by atoms with van der Waals surface area (Å²) in [6.45, 7) is 3.41. The first-order valence-corrected chi connectivity index (χ1v) is 13.2. The SMILES string of the molecule is CCN(C(=O)c1cc2ccccc2[nH]1)[C@H]1CCC[C@@H](NCc2ccc(S(C)(=O)=O)cc2)C1. The number of aromatic amines is 1. The Bertz CT molecular complexity index is 1150. The van der Waals surface area contributed by atoms with Gasteiger partial charge < -0.3 is 15.2 Å². The van der Waals surface area contributed by atoms with Gasteiger partial charge in [0.05, 0.1) is 4.90 Å². The average Bonchev–Trinajstić information content (AvgIpc) is 3.23. The van der Waals surface area contributed by atoms with Crippen LogP contribution in [0.15, 0.2) is 59.5 Å². The smallest absolute Gasteiger partial charge is 0.270 e. The largest absolute Gasteiger partial charge is 0.351 e. The zero-order chi connectivity index (χ0) is 22.7. The normalized spacial score (nSPS) is 19.2. The van der Waals surface area contributed by atoms with Crippen molar-refractivity contribution in [3.63, 3.8) is 0 Å². The van der Waals surface area contributed by atoms with Crippen LogP contribution in [0.25, 0.3) is 10.9 Å². The number of rotatable bonds is 7. The van der Waals surface area contributed by atoms with Crippen molar-refractivity contribution in [1.29, 1.82) is 0 Å². The van der Waals surface area contributed by atoms with Gasteiger partial charge in [-0.3, -0.25) is 4.79 Å². The van der Waals surface area contributed by atoms with Crippen LogP contribution in [0.5, 0.6) is 0 Å². The first kappa shape index (κ1) is 22.6. The molecule has 4 rings (SSSR count). The van der Waals surface area contributed by atoms with Crippen molar-refractivity contribution in [2.45, 2.75) is 56.1 Å². The first-order chi connectivity index (χ1) is 15.3. The summed E-state index contributed by atoms with van der Waals surface area (Å²) in [7, 11) is -3.18. The molecule has 1 aliphatic carbocycles. The molecule has 0 aliphatic heterocycles. The number of nitrogens with zero attached hydrogens (tertiary/aromatic N) is 1. The highest BCUT2D eigenvalue weighted by molar-refractivity contribution is 7.90. The summed E-state index contributed by atoms with van der Waals surface area (Å²) in [5.74, 6) is 0.0608. The Kier molecular flexibility index (Phi) is 6.67. The summed E-state index contributed by atoms with van der Waals surface area (Å²) in [5, 5.41) is 4.66. The van der Waals surface area contributed by atoms with Gasteiger partial charge in [0, 0.05) is 42.3 Å². The van der Waals surface area contributed by atoms with Gasteiger partial charge in [-0.1, -0.05) is 30.3 Å². The van der Waals surface area contributed by atoms with E-state index in [2.05, 4.69) is 10.3 Å². The number of fused-ring (bicyclic) bond motifs is 1. The van der Waals surface area contributed by atoms with E-state index in [9.17, 15) is 13.2 Å². The lowest BCUT2D eigenvalue weighted by Crippen LogP contribution is -2.46. The molecule has 1 saturated carbocycles. The summed E-state index contributed by atoms with van der Waals surface area (Å²) in [6.07, 6.45) is 5.31. The maximum atomic E-state index is 13.3. The number of sulfone groups is 1. The minimum absolute atomic E-state index is 0.0608. The molecule has 2 aromatic carbocycles. The zero-order valence-electron chi connectivity index (χ0n) is 18.7. The number of amides is 1. The summed E-state index contributed by atoms with van der Waals surface area (Å²) in [5.41, 5.74) is 2.69. The molecule has 3 aromatic rings. The van der Waals surface area contributed by atoms with Crippen LogP contribution in [0.3, 0.4) is 0 Å². The van der Waals surface area contributed by atoms with Gasteiger partial charge in [0.1, 0.15) is 5.69 Å². The quantitative estimate of drug-likeness (QED) is 0.563. The fraction of sp³-hybridized carbons (Fsp3) is 0.400. The Morgan fingerprint density at radius 1 is 1.12 bits per heavy atom. The third-order valence-corrected chi connectivity index (χ3v) is 7.52. The van der Waals surface area contributed by atoms with E-state index >= 15 is 0 Å². The van der Waals surface area contributed by atoms with E-state index in [4.69, 9.17) is 0 Å². The maximum Gasteiger partial charge on any atom is 0.270 e. The number of nitrogens with one attached hydrogen (secondary N) is 2. The van der Waals surface area contributed by atoms with Crippen molar-refractivity contribution >= 4 is 26.6 Å². The van der Waals surface area contributed by atoms with Crippen molar-refractivity contribution in [1.82, 2.24) is 15.2 Å². The van der Waals surface area contributed by atoms with Crippen LogP contribution in [0, 0.1) is 0 Å². The van der Waals surface area contributed by atoms with E-state index in [1.807, 2.05) is 54.3 Å². The lowest BCUT2D eigenvalue weighted by Gasteiger charge is -2.37. The van der Waals surface area contributed by atoms with Crippen LogP contribution >= 0.6 is 0 Å². The topological polar surface area (TPSA) is 82.3 Å². The molecule has 2 atom stereocenters. The van der Waals surface area contributed by atoms with Crippen molar-refractivity contribution in [2.24, 2.45) is 0 Å². The number of hydrogen-bond donors (Lipinski definition) is 2. The second-order valence-corrected chi connectivity index (χ2v) is 10.7. The van der Waals surface area contributed by atoms with E-state index in [0.29, 0.717) is 29.7 Å². The van der Waals surface area contributed by atoms with Gasteiger partial charge in [0.15, 0.2) is 9.84 Å². The van der Waals surface area contributed by atoms with Crippen LogP contribution in [-0.2, 0) is 16.4 Å². The van der Waals surface area contributed by atoms with E-state index in [-0.39, 0.29) is 11.9 Å². The van der Waals surface area contributed by atoms with Gasteiger partial charge >= 0.3 is 0 Å². The van der Waals surface area contributed by atoms with Crippen LogP contribution < -0.4 is 5.32 Å². The average molecular weight is 454 g/mol. The fourth-order valence-corrected chi connectivity index (χ4v) is 5.29. The Morgan fingerprint density at radius 2 is 1.88 bits per heavy atom. The summed E-state index contributed by atoms with van der Waals surface area (Å²) < 4.78 is 23.3. The van der Waals surface area contributed by atoms with Crippen LogP contribution in [0.4, 0.5) is 0 Å². The van der Waals surface area contributed by atoms with Gasteiger partial charge in [-0.05, 0) is 62.4 Å². The standard InChI is InChI=1S/C25H31N3O3S/c1-3-28(25(29)24-15-19-7-4-5-10-23(19)27-24)21-9-6-8-20(16-21)26-17-18-11-13-22(14-12-18)32(2,30)31/h4-5,7,10-15,20-21,26-27H,3,6,8-9,16-17H2,1-2H3/t20-,21+/m1/s1. The second-order valence-electron chi connectivity index (χ2n) is 8.68. The minimum atomic E-state index is -3.18. The van der Waals surface area contributed by atoms with Crippen LogP contribution in [0.1, 0.15) is 48.7 Å². The highest BCUT2D eigenvalue weighted by Crippen LogP contribution is 2.26. The second kappa shape index (κ2) is 9.46. The molecule has 1 fully saturated rings. The van der Waals surface area contributed by atoms with Crippen molar-refractivity contribution in [2.75, 3.05) is 12.8 Å². The van der Waals surface area contributed by atoms with E-state index in [1.165, 1.54) is 6.26 Å². The minimum Gasteiger partial charge on any atom is -0.351 e. The molecule has 1 heterocycles. The molecule has 170 valence electrons. The summed E-state index contributed by atoms with van der Waals surface area (Å²) in [6, 6.07) is 17.5. The summed E-state index contributed by atoms with van der Waals surface area (Å²) >= 11 is 0. The lowest BCUT2D eigenvalue weighted by molar-refractivity contribution is 0.0623. The molecule has 1 amide bonds. The molecule has 6 nitrogen and oxygen atoms in total. The van der Waals surface area contributed by atoms with Gasteiger partial charge in [-0.15, -0.1) is 0 Å². The highest BCUT2D eigenvalue weighted by atomic mass is 32.2. The molecule has 1 aromatic heterocycles. The molecule has 0 spiro atoms. The van der Waals surface area contributed by atoms with Crippen molar-refractivity contribution < 1.29 is 13.2 Å². The Hall–Kier alpha value is -2.64. The molecule has 7 heteroatoms. The predicted molar refractivity (Wildman–Crippen MR) is 127 cm³/mol. The molecule has 1 aliphatic rings. The number of carbonyl (C=O) groups is 1. The molecule has 0 bridgehead atoms. The summed E-state index contributed by atoms with van der Waals surface area (Å²) in [4.78, 5) is 18.9. The number of H-pyrrole nitrogens is 1. The van der Waals surface area contributed by atoms with Crippen molar-refractivity contribution in [3.05, 3.63) is 65.9 Å². The third-order valence-electron chi connectivity index (χ3n) is 6.40. The van der Waals surface area contributed by atoms with Crippen molar-refractivity contribution in [3.8, 4) is 0 Å². The maximum absolute atomic E-state index is 13.3. The van der Waals surface area contributed by atoms with Gasteiger partial charge in [-0.25, -0.2) is 8.42 Å². The van der Waals surface area contributed by atoms with Crippen LogP contribution in [0.2, 0.25) is 0 Å². The Morgan fingerprint density at radius 3 is 2.56 bits per heavy atom. The zero-order valence-corrected chi connectivity index (χ0v) is 19.5. The molecule has 0 saturated heterocycles. The van der Waals surface area contributed by atoms with Crippen LogP contribution in [-0.4, -0.2) is 49.1 Å². The molecule has 32 heavy (non-hydrogen) atoms. The van der Waals surface area contributed by atoms with Gasteiger partial charge in [0.2, 0.25) is 0 Å². The highest BCUT2D eigenvalue weighted by Gasteiger charge is 2.29. The monoisotopic (exact) mass is 453 g/mol. The van der Waals surface area contributed by atoms with Gasteiger partial charge in [-0.2, -0.15) is 0 Å². The van der Waals surface area contributed by atoms with E-state index < -0.39 is 9.84 Å². The molecule has 0 unspecified atom stereocenters. The number of benzene rings is 2. The third kappa shape index (κ3) is 5.05. The fourth-order valence-electron chi connectivity index (χ4n) is 4.66. The number of para-hydroxylation sites is 1. The number of aromatic nitrogens is 1. The molecule has 0 radical (unpaired) electrons. The molecule has 2 N–H and O–H groups in total. The predicted octanol–water partition coefficient (Wildman–Crippen LogP) is 4.13. The Balaban J connectivity index is 1.39. The molecular weight excluding hydrogens is 422 g/mol.